The standard InChI is InChI=1S/C12H13N3OS/c1-8(9-4-6-17-7-9)15-12(16)11-10(13)3-2-5-14-11/h2-8H,13H2,1H3,(H,15,16). The molecule has 3 N–H and O–H groups in total. The second-order valence-electron chi connectivity index (χ2n) is 3.69. The number of anilines is 1. The molecule has 0 aliphatic rings. The van der Waals surface area contributed by atoms with E-state index < -0.39 is 0 Å². The van der Waals surface area contributed by atoms with Gasteiger partial charge in [-0.05, 0) is 41.4 Å². The fourth-order valence-corrected chi connectivity index (χ4v) is 2.23. The van der Waals surface area contributed by atoms with E-state index in [1.165, 1.54) is 0 Å². The summed E-state index contributed by atoms with van der Waals surface area (Å²) in [5, 5.41) is 6.85. The summed E-state index contributed by atoms with van der Waals surface area (Å²) in [5.41, 5.74) is 7.44. The van der Waals surface area contributed by atoms with Crippen molar-refractivity contribution in [3.8, 4) is 0 Å². The SMILES string of the molecule is CC(NC(=O)c1ncccc1N)c1ccsc1. The van der Waals surface area contributed by atoms with Crippen LogP contribution in [-0.2, 0) is 0 Å². The molecule has 0 fully saturated rings. The monoisotopic (exact) mass is 247 g/mol. The highest BCUT2D eigenvalue weighted by molar-refractivity contribution is 7.07. The molecule has 0 aliphatic carbocycles. The largest absolute Gasteiger partial charge is 0.397 e. The molecule has 17 heavy (non-hydrogen) atoms. The van der Waals surface area contributed by atoms with E-state index in [-0.39, 0.29) is 17.6 Å². The van der Waals surface area contributed by atoms with Crippen molar-refractivity contribution in [3.05, 3.63) is 46.4 Å². The lowest BCUT2D eigenvalue weighted by Crippen LogP contribution is -2.27. The number of nitrogen functional groups attached to an aromatic ring is 1. The van der Waals surface area contributed by atoms with Crippen LogP contribution in [0.15, 0.2) is 35.2 Å². The quantitative estimate of drug-likeness (QED) is 0.873. The Bertz CT molecular complexity index is 510. The highest BCUT2D eigenvalue weighted by Crippen LogP contribution is 2.16. The van der Waals surface area contributed by atoms with Gasteiger partial charge in [-0.3, -0.25) is 4.79 Å². The Hall–Kier alpha value is -1.88. The number of nitrogens with zero attached hydrogens (tertiary/aromatic N) is 1. The van der Waals surface area contributed by atoms with Crippen molar-refractivity contribution in [1.82, 2.24) is 10.3 Å². The first-order valence-electron chi connectivity index (χ1n) is 5.22. The third kappa shape index (κ3) is 2.62. The zero-order valence-electron chi connectivity index (χ0n) is 9.38. The van der Waals surface area contributed by atoms with E-state index in [1.54, 1.807) is 29.7 Å². The topological polar surface area (TPSA) is 68.0 Å². The van der Waals surface area contributed by atoms with Crippen LogP contribution in [0.2, 0.25) is 0 Å². The van der Waals surface area contributed by atoms with E-state index in [0.717, 1.165) is 5.56 Å². The van der Waals surface area contributed by atoms with Gasteiger partial charge in [0.25, 0.3) is 5.91 Å². The van der Waals surface area contributed by atoms with Crippen LogP contribution in [0.5, 0.6) is 0 Å². The number of aromatic nitrogens is 1. The van der Waals surface area contributed by atoms with E-state index in [1.807, 2.05) is 23.8 Å². The second-order valence-corrected chi connectivity index (χ2v) is 4.47. The molecule has 88 valence electrons. The number of nitrogens with one attached hydrogen (secondary N) is 1. The Labute approximate surface area is 103 Å². The van der Waals surface area contributed by atoms with Gasteiger partial charge in [0, 0.05) is 6.20 Å². The summed E-state index contributed by atoms with van der Waals surface area (Å²) in [4.78, 5) is 15.9. The van der Waals surface area contributed by atoms with Crippen LogP contribution in [0.4, 0.5) is 5.69 Å². The molecule has 0 saturated carbocycles. The Morgan fingerprint density at radius 2 is 2.35 bits per heavy atom. The molecule has 0 spiro atoms. The normalized spacial score (nSPS) is 12.1. The minimum atomic E-state index is -0.248. The number of hydrogen-bond donors (Lipinski definition) is 2. The number of amides is 1. The Morgan fingerprint density at radius 3 is 3.00 bits per heavy atom. The Morgan fingerprint density at radius 1 is 1.53 bits per heavy atom. The molecule has 1 unspecified atom stereocenters. The molecule has 2 rings (SSSR count). The third-order valence-corrected chi connectivity index (χ3v) is 3.15. The lowest BCUT2D eigenvalue weighted by atomic mass is 10.2. The smallest absolute Gasteiger partial charge is 0.272 e. The molecule has 0 radical (unpaired) electrons. The molecule has 4 nitrogen and oxygen atoms in total. The molecule has 0 saturated heterocycles. The third-order valence-electron chi connectivity index (χ3n) is 2.44. The highest BCUT2D eigenvalue weighted by Gasteiger charge is 2.14. The number of hydrogen-bond acceptors (Lipinski definition) is 4. The van der Waals surface area contributed by atoms with E-state index in [9.17, 15) is 4.79 Å². The van der Waals surface area contributed by atoms with Crippen LogP contribution >= 0.6 is 11.3 Å². The van der Waals surface area contributed by atoms with Crippen LogP contribution in [0, 0.1) is 0 Å². The number of thiophene rings is 1. The average Bonchev–Trinajstić information content (AvgIpc) is 2.82. The molecule has 1 amide bonds. The van der Waals surface area contributed by atoms with Gasteiger partial charge in [0.05, 0.1) is 11.7 Å². The van der Waals surface area contributed by atoms with Crippen molar-refractivity contribution in [3.63, 3.8) is 0 Å². The lowest BCUT2D eigenvalue weighted by molar-refractivity contribution is 0.0936. The fourth-order valence-electron chi connectivity index (χ4n) is 1.48. The molecule has 0 aliphatic heterocycles. The Balaban J connectivity index is 2.10. The van der Waals surface area contributed by atoms with Gasteiger partial charge < -0.3 is 11.1 Å². The van der Waals surface area contributed by atoms with Crippen LogP contribution in [-0.4, -0.2) is 10.9 Å². The summed E-state index contributed by atoms with van der Waals surface area (Å²) >= 11 is 1.60. The predicted octanol–water partition coefficient (Wildman–Crippen LogP) is 2.22. The summed E-state index contributed by atoms with van der Waals surface area (Å²) in [6.45, 7) is 1.93. The van der Waals surface area contributed by atoms with Gasteiger partial charge in [0.1, 0.15) is 0 Å². The van der Waals surface area contributed by atoms with Gasteiger partial charge in [-0.1, -0.05) is 0 Å². The fraction of sp³-hybridized carbons (Fsp3) is 0.167. The maximum absolute atomic E-state index is 11.9. The number of carbonyl (C=O) groups is 1. The first-order valence-corrected chi connectivity index (χ1v) is 6.16. The van der Waals surface area contributed by atoms with Crippen molar-refractivity contribution < 1.29 is 4.79 Å². The van der Waals surface area contributed by atoms with Crippen molar-refractivity contribution in [2.24, 2.45) is 0 Å². The molecule has 2 aromatic heterocycles. The summed E-state index contributed by atoms with van der Waals surface area (Å²) in [6.07, 6.45) is 1.56. The molecule has 1 atom stereocenters. The highest BCUT2D eigenvalue weighted by atomic mass is 32.1. The van der Waals surface area contributed by atoms with Crippen LogP contribution in [0.1, 0.15) is 29.0 Å². The number of nitrogens with two attached hydrogens (primary N) is 1. The van der Waals surface area contributed by atoms with Crippen molar-refractivity contribution in [2.45, 2.75) is 13.0 Å². The summed E-state index contributed by atoms with van der Waals surface area (Å²) in [5.74, 6) is -0.248. The zero-order valence-corrected chi connectivity index (χ0v) is 10.2. The van der Waals surface area contributed by atoms with Crippen molar-refractivity contribution in [2.75, 3.05) is 5.73 Å². The lowest BCUT2D eigenvalue weighted by Gasteiger charge is -2.12. The van der Waals surface area contributed by atoms with Crippen LogP contribution in [0.25, 0.3) is 0 Å². The van der Waals surface area contributed by atoms with Gasteiger partial charge >= 0.3 is 0 Å². The molecule has 2 aromatic rings. The minimum Gasteiger partial charge on any atom is -0.397 e. The summed E-state index contributed by atoms with van der Waals surface area (Å²) in [7, 11) is 0. The molecular formula is C12H13N3OS. The van der Waals surface area contributed by atoms with Gasteiger partial charge in [0.15, 0.2) is 5.69 Å². The van der Waals surface area contributed by atoms with Crippen LogP contribution in [0.3, 0.4) is 0 Å². The minimum absolute atomic E-state index is 0.0462. The molecular weight excluding hydrogens is 234 g/mol. The van der Waals surface area contributed by atoms with Gasteiger partial charge in [-0.25, -0.2) is 4.98 Å². The van der Waals surface area contributed by atoms with E-state index in [2.05, 4.69) is 10.3 Å². The van der Waals surface area contributed by atoms with Gasteiger partial charge in [-0.2, -0.15) is 11.3 Å². The maximum atomic E-state index is 11.9. The molecule has 5 heteroatoms. The summed E-state index contributed by atoms with van der Waals surface area (Å²) in [6, 6.07) is 5.30. The van der Waals surface area contributed by atoms with E-state index in [0.29, 0.717) is 5.69 Å². The van der Waals surface area contributed by atoms with E-state index >= 15 is 0 Å². The first-order chi connectivity index (χ1) is 8.18. The number of pyridine rings is 1. The molecule has 0 bridgehead atoms. The summed E-state index contributed by atoms with van der Waals surface area (Å²) < 4.78 is 0. The average molecular weight is 247 g/mol. The number of carbonyl (C=O) groups excluding carboxylic acids is 1. The second kappa shape index (κ2) is 4.97. The van der Waals surface area contributed by atoms with Crippen LogP contribution < -0.4 is 11.1 Å². The van der Waals surface area contributed by atoms with E-state index in [4.69, 9.17) is 5.73 Å². The number of rotatable bonds is 3. The van der Waals surface area contributed by atoms with Gasteiger partial charge in [0.2, 0.25) is 0 Å². The first kappa shape index (κ1) is 11.6. The van der Waals surface area contributed by atoms with Gasteiger partial charge in [-0.15, -0.1) is 0 Å². The predicted molar refractivity (Wildman–Crippen MR) is 68.8 cm³/mol. The maximum Gasteiger partial charge on any atom is 0.272 e. The molecule has 0 aromatic carbocycles. The van der Waals surface area contributed by atoms with Crippen molar-refractivity contribution in [1.29, 1.82) is 0 Å². The Kier molecular flexibility index (Phi) is 3.39. The molecule has 2 heterocycles. The van der Waals surface area contributed by atoms with Crippen molar-refractivity contribution >= 4 is 22.9 Å². The zero-order chi connectivity index (χ0) is 12.3.